The maximum absolute atomic E-state index is 11.5. The van der Waals surface area contributed by atoms with E-state index in [4.69, 9.17) is 0 Å². The molecule has 0 aliphatic carbocycles. The Labute approximate surface area is 84.0 Å². The van der Waals surface area contributed by atoms with Crippen molar-refractivity contribution in [3.05, 3.63) is 0 Å². The van der Waals surface area contributed by atoms with Crippen LogP contribution in [0.3, 0.4) is 0 Å². The molecule has 0 aromatic heterocycles. The lowest BCUT2D eigenvalue weighted by molar-refractivity contribution is -0.123. The molecule has 1 fully saturated rings. The zero-order valence-corrected chi connectivity index (χ0v) is 9.12. The summed E-state index contributed by atoms with van der Waals surface area (Å²) >= 11 is 1.76. The van der Waals surface area contributed by atoms with E-state index in [1.165, 1.54) is 0 Å². The van der Waals surface area contributed by atoms with Gasteiger partial charge < -0.3 is 10.6 Å². The number of carbonyl (C=O) groups is 1. The summed E-state index contributed by atoms with van der Waals surface area (Å²) in [5.41, 5.74) is 0. The number of nitrogens with one attached hydrogen (secondary N) is 2. The number of carbonyl (C=O) groups excluding carboxylic acids is 1. The van der Waals surface area contributed by atoms with Crippen LogP contribution < -0.4 is 10.6 Å². The van der Waals surface area contributed by atoms with Crippen LogP contribution in [0.15, 0.2) is 0 Å². The molecule has 4 heteroatoms. The monoisotopic (exact) mass is 202 g/mol. The lowest BCUT2D eigenvalue weighted by Crippen LogP contribution is -2.44. The van der Waals surface area contributed by atoms with E-state index in [-0.39, 0.29) is 18.0 Å². The molecule has 1 rings (SSSR count). The molecular weight excluding hydrogens is 184 g/mol. The Bertz CT molecular complexity index is 169. The quantitative estimate of drug-likeness (QED) is 0.701. The van der Waals surface area contributed by atoms with Gasteiger partial charge in [-0.2, -0.15) is 11.8 Å². The van der Waals surface area contributed by atoms with Gasteiger partial charge in [-0.15, -0.1) is 0 Å². The molecule has 0 aromatic carbocycles. The fourth-order valence-corrected chi connectivity index (χ4v) is 2.13. The van der Waals surface area contributed by atoms with Crippen molar-refractivity contribution in [3.63, 3.8) is 0 Å². The van der Waals surface area contributed by atoms with Crippen LogP contribution in [0.2, 0.25) is 0 Å². The highest BCUT2D eigenvalue weighted by molar-refractivity contribution is 7.98. The first-order chi connectivity index (χ1) is 6.24. The predicted molar refractivity (Wildman–Crippen MR) is 57.0 cm³/mol. The zero-order valence-electron chi connectivity index (χ0n) is 8.30. The topological polar surface area (TPSA) is 41.1 Å². The maximum atomic E-state index is 11.5. The SMILES string of the molecule is CSCC(C)NC(=O)[C@@H]1CCCN1. The fourth-order valence-electron chi connectivity index (χ4n) is 1.54. The summed E-state index contributed by atoms with van der Waals surface area (Å²) in [6.07, 6.45) is 4.16. The van der Waals surface area contributed by atoms with Crippen LogP contribution in [0, 0.1) is 0 Å². The minimum atomic E-state index is 0.0595. The van der Waals surface area contributed by atoms with Gasteiger partial charge in [0.05, 0.1) is 6.04 Å². The van der Waals surface area contributed by atoms with Crippen LogP contribution in [0.25, 0.3) is 0 Å². The van der Waals surface area contributed by atoms with Crippen molar-refractivity contribution in [2.45, 2.75) is 31.8 Å². The van der Waals surface area contributed by atoms with E-state index in [2.05, 4.69) is 16.9 Å². The van der Waals surface area contributed by atoms with Crippen molar-refractivity contribution >= 4 is 17.7 Å². The second kappa shape index (κ2) is 5.50. The van der Waals surface area contributed by atoms with Crippen molar-refractivity contribution in [2.24, 2.45) is 0 Å². The third-order valence-corrected chi connectivity index (χ3v) is 3.02. The van der Waals surface area contributed by atoms with Gasteiger partial charge in [-0.1, -0.05) is 0 Å². The largest absolute Gasteiger partial charge is 0.351 e. The van der Waals surface area contributed by atoms with Crippen LogP contribution >= 0.6 is 11.8 Å². The highest BCUT2D eigenvalue weighted by atomic mass is 32.2. The molecule has 0 aromatic rings. The van der Waals surface area contributed by atoms with Gasteiger partial charge in [0.25, 0.3) is 0 Å². The Balaban J connectivity index is 2.23. The molecule has 76 valence electrons. The Hall–Kier alpha value is -0.220. The molecule has 3 nitrogen and oxygen atoms in total. The lowest BCUT2D eigenvalue weighted by Gasteiger charge is -2.16. The van der Waals surface area contributed by atoms with Crippen molar-refractivity contribution in [1.29, 1.82) is 0 Å². The smallest absolute Gasteiger partial charge is 0.237 e. The van der Waals surface area contributed by atoms with Gasteiger partial charge in [-0.25, -0.2) is 0 Å². The van der Waals surface area contributed by atoms with Gasteiger partial charge in [0.15, 0.2) is 0 Å². The summed E-state index contributed by atoms with van der Waals surface area (Å²) in [6, 6.07) is 0.342. The summed E-state index contributed by atoms with van der Waals surface area (Å²) < 4.78 is 0. The molecule has 13 heavy (non-hydrogen) atoms. The normalized spacial score (nSPS) is 24.3. The molecule has 1 aliphatic rings. The Morgan fingerprint density at radius 1 is 1.77 bits per heavy atom. The van der Waals surface area contributed by atoms with E-state index in [9.17, 15) is 4.79 Å². The second-order valence-corrected chi connectivity index (χ2v) is 4.42. The molecule has 1 saturated heterocycles. The second-order valence-electron chi connectivity index (χ2n) is 3.51. The third-order valence-electron chi connectivity index (χ3n) is 2.18. The highest BCUT2D eigenvalue weighted by Crippen LogP contribution is 2.05. The van der Waals surface area contributed by atoms with Crippen molar-refractivity contribution < 1.29 is 4.79 Å². The first-order valence-electron chi connectivity index (χ1n) is 4.76. The molecule has 2 N–H and O–H groups in total. The van der Waals surface area contributed by atoms with Gasteiger partial charge in [0.2, 0.25) is 5.91 Å². The molecule has 0 radical (unpaired) electrons. The molecule has 1 amide bonds. The number of hydrogen-bond donors (Lipinski definition) is 2. The van der Waals surface area contributed by atoms with Gasteiger partial charge in [0, 0.05) is 11.8 Å². The number of thioether (sulfide) groups is 1. The van der Waals surface area contributed by atoms with Gasteiger partial charge >= 0.3 is 0 Å². The van der Waals surface area contributed by atoms with Crippen LogP contribution in [0.5, 0.6) is 0 Å². The minimum Gasteiger partial charge on any atom is -0.351 e. The zero-order chi connectivity index (χ0) is 9.68. The molecule has 2 atom stereocenters. The van der Waals surface area contributed by atoms with E-state index >= 15 is 0 Å². The first-order valence-corrected chi connectivity index (χ1v) is 6.16. The van der Waals surface area contributed by atoms with Gasteiger partial charge in [-0.05, 0) is 32.6 Å². The molecule has 1 aliphatic heterocycles. The Kier molecular flexibility index (Phi) is 4.59. The summed E-state index contributed by atoms with van der Waals surface area (Å²) in [4.78, 5) is 11.5. The van der Waals surface area contributed by atoms with Crippen LogP contribution in [-0.2, 0) is 4.79 Å². The summed E-state index contributed by atoms with van der Waals surface area (Å²) in [7, 11) is 0. The number of hydrogen-bond acceptors (Lipinski definition) is 3. The molecule has 0 saturated carbocycles. The van der Waals surface area contributed by atoms with E-state index < -0.39 is 0 Å². The molecule has 0 spiro atoms. The average Bonchev–Trinajstić information content (AvgIpc) is 2.55. The van der Waals surface area contributed by atoms with Crippen LogP contribution in [-0.4, -0.2) is 36.5 Å². The summed E-state index contributed by atoms with van der Waals surface area (Å²) in [5, 5.41) is 6.19. The van der Waals surface area contributed by atoms with E-state index in [1.54, 1.807) is 11.8 Å². The fraction of sp³-hybridized carbons (Fsp3) is 0.889. The van der Waals surface area contributed by atoms with E-state index in [0.29, 0.717) is 0 Å². The molecule has 0 bridgehead atoms. The van der Waals surface area contributed by atoms with E-state index in [1.807, 2.05) is 6.92 Å². The number of amides is 1. The molecule has 1 unspecified atom stereocenters. The molecular formula is C9H18N2OS. The average molecular weight is 202 g/mol. The predicted octanol–water partition coefficient (Wildman–Crippen LogP) is 0.606. The molecule has 1 heterocycles. The van der Waals surface area contributed by atoms with E-state index in [0.717, 1.165) is 25.1 Å². The van der Waals surface area contributed by atoms with Crippen LogP contribution in [0.4, 0.5) is 0 Å². The summed E-state index contributed by atoms with van der Waals surface area (Å²) in [6.45, 7) is 3.03. The Morgan fingerprint density at radius 3 is 3.08 bits per heavy atom. The lowest BCUT2D eigenvalue weighted by atomic mass is 10.2. The maximum Gasteiger partial charge on any atom is 0.237 e. The van der Waals surface area contributed by atoms with Gasteiger partial charge in [-0.3, -0.25) is 4.79 Å². The van der Waals surface area contributed by atoms with Crippen LogP contribution in [0.1, 0.15) is 19.8 Å². The van der Waals surface area contributed by atoms with Crippen molar-refractivity contribution in [3.8, 4) is 0 Å². The number of rotatable bonds is 4. The third kappa shape index (κ3) is 3.56. The highest BCUT2D eigenvalue weighted by Gasteiger charge is 2.22. The van der Waals surface area contributed by atoms with Crippen molar-refractivity contribution in [2.75, 3.05) is 18.6 Å². The summed E-state index contributed by atoms with van der Waals surface area (Å²) in [5.74, 6) is 1.15. The minimum absolute atomic E-state index is 0.0595. The Morgan fingerprint density at radius 2 is 2.54 bits per heavy atom. The first kappa shape index (κ1) is 10.9. The van der Waals surface area contributed by atoms with Crippen molar-refractivity contribution in [1.82, 2.24) is 10.6 Å². The van der Waals surface area contributed by atoms with Gasteiger partial charge in [0.1, 0.15) is 0 Å². The standard InChI is InChI=1S/C9H18N2OS/c1-7(6-13-2)11-9(12)8-4-3-5-10-8/h7-8,10H,3-6H2,1-2H3,(H,11,12)/t7?,8-/m0/s1.